The summed E-state index contributed by atoms with van der Waals surface area (Å²) in [5.41, 5.74) is 1.62. The number of nitrogens with one attached hydrogen (secondary N) is 1. The van der Waals surface area contributed by atoms with Crippen molar-refractivity contribution in [2.75, 3.05) is 6.54 Å². The van der Waals surface area contributed by atoms with Gasteiger partial charge in [-0.25, -0.2) is 4.39 Å². The summed E-state index contributed by atoms with van der Waals surface area (Å²) in [6, 6.07) is 7.27. The lowest BCUT2D eigenvalue weighted by atomic mass is 9.98. The molecule has 1 fully saturated rings. The van der Waals surface area contributed by atoms with Crippen molar-refractivity contribution >= 4 is 0 Å². The summed E-state index contributed by atoms with van der Waals surface area (Å²) in [5, 5.41) is 3.63. The predicted octanol–water partition coefficient (Wildman–Crippen LogP) is 4.45. The Hall–Kier alpha value is -0.890. The fourth-order valence-electron chi connectivity index (χ4n) is 2.78. The third-order valence-electron chi connectivity index (χ3n) is 4.12. The summed E-state index contributed by atoms with van der Waals surface area (Å²) in [5.74, 6) is -0.137. The molecule has 1 N–H and O–H groups in total. The number of hydrogen-bond donors (Lipinski definition) is 1. The van der Waals surface area contributed by atoms with Crippen LogP contribution in [0.15, 0.2) is 24.3 Å². The van der Waals surface area contributed by atoms with Crippen LogP contribution in [0.5, 0.6) is 0 Å². The van der Waals surface area contributed by atoms with Gasteiger partial charge in [-0.15, -0.1) is 0 Å². The molecule has 1 aromatic carbocycles. The molecule has 0 aliphatic heterocycles. The van der Waals surface area contributed by atoms with E-state index >= 15 is 0 Å². The monoisotopic (exact) mass is 249 g/mol. The fourth-order valence-corrected chi connectivity index (χ4v) is 2.78. The molecule has 1 nitrogen and oxygen atoms in total. The Labute approximate surface area is 110 Å². The first-order valence-corrected chi connectivity index (χ1v) is 7.18. The van der Waals surface area contributed by atoms with Gasteiger partial charge in [0.05, 0.1) is 0 Å². The summed E-state index contributed by atoms with van der Waals surface area (Å²) < 4.78 is 13.2. The maximum atomic E-state index is 13.2. The van der Waals surface area contributed by atoms with Crippen molar-refractivity contribution in [2.45, 2.75) is 52.0 Å². The Morgan fingerprint density at radius 2 is 2.11 bits per heavy atom. The van der Waals surface area contributed by atoms with Crippen molar-refractivity contribution in [1.82, 2.24) is 5.32 Å². The second kappa shape index (κ2) is 5.83. The Bertz CT molecular complexity index is 384. The standard InChI is InChI=1S/C16H24FN/c1-3-8-16(9-10-16)12-18-15(4-2)13-6-5-7-14(17)11-13/h5-7,11,15,18H,3-4,8-10,12H2,1-2H3. The molecule has 0 aromatic heterocycles. The van der Waals surface area contributed by atoms with E-state index < -0.39 is 0 Å². The van der Waals surface area contributed by atoms with Crippen LogP contribution >= 0.6 is 0 Å². The number of hydrogen-bond acceptors (Lipinski definition) is 1. The van der Waals surface area contributed by atoms with Gasteiger partial charge in [0.25, 0.3) is 0 Å². The van der Waals surface area contributed by atoms with Crippen molar-refractivity contribution in [2.24, 2.45) is 5.41 Å². The zero-order chi connectivity index (χ0) is 13.0. The molecular formula is C16H24FN. The van der Waals surface area contributed by atoms with E-state index in [0.717, 1.165) is 18.5 Å². The second-order valence-electron chi connectivity index (χ2n) is 5.65. The quantitative estimate of drug-likeness (QED) is 0.753. The van der Waals surface area contributed by atoms with Crippen molar-refractivity contribution in [3.8, 4) is 0 Å². The maximum absolute atomic E-state index is 13.2. The van der Waals surface area contributed by atoms with Crippen LogP contribution in [-0.4, -0.2) is 6.54 Å². The summed E-state index contributed by atoms with van der Waals surface area (Å²) in [7, 11) is 0. The van der Waals surface area contributed by atoms with E-state index in [1.165, 1.54) is 31.7 Å². The van der Waals surface area contributed by atoms with Crippen LogP contribution < -0.4 is 5.32 Å². The Morgan fingerprint density at radius 1 is 1.33 bits per heavy atom. The van der Waals surface area contributed by atoms with Crippen LogP contribution in [-0.2, 0) is 0 Å². The van der Waals surface area contributed by atoms with E-state index in [9.17, 15) is 4.39 Å². The van der Waals surface area contributed by atoms with Crippen LogP contribution in [0.3, 0.4) is 0 Å². The minimum Gasteiger partial charge on any atom is -0.309 e. The largest absolute Gasteiger partial charge is 0.309 e. The minimum atomic E-state index is -0.137. The van der Waals surface area contributed by atoms with Gasteiger partial charge >= 0.3 is 0 Å². The molecule has 1 aliphatic carbocycles. The lowest BCUT2D eigenvalue weighted by Gasteiger charge is -2.22. The maximum Gasteiger partial charge on any atom is 0.123 e. The predicted molar refractivity (Wildman–Crippen MR) is 74.0 cm³/mol. The molecule has 1 atom stereocenters. The summed E-state index contributed by atoms with van der Waals surface area (Å²) in [6.45, 7) is 5.49. The molecular weight excluding hydrogens is 225 g/mol. The molecule has 18 heavy (non-hydrogen) atoms. The van der Waals surface area contributed by atoms with Crippen LogP contribution in [0.2, 0.25) is 0 Å². The normalized spacial score (nSPS) is 18.6. The lowest BCUT2D eigenvalue weighted by Crippen LogP contribution is -2.28. The number of halogens is 1. The van der Waals surface area contributed by atoms with Gasteiger partial charge in [-0.3, -0.25) is 0 Å². The zero-order valence-electron chi connectivity index (χ0n) is 11.5. The average Bonchev–Trinajstić information content (AvgIpc) is 3.11. The summed E-state index contributed by atoms with van der Waals surface area (Å²) in [6.07, 6.45) is 6.30. The highest BCUT2D eigenvalue weighted by molar-refractivity contribution is 5.20. The highest BCUT2D eigenvalue weighted by atomic mass is 19.1. The minimum absolute atomic E-state index is 0.137. The fraction of sp³-hybridized carbons (Fsp3) is 0.625. The summed E-state index contributed by atoms with van der Waals surface area (Å²) >= 11 is 0. The Morgan fingerprint density at radius 3 is 2.67 bits per heavy atom. The second-order valence-corrected chi connectivity index (χ2v) is 5.65. The molecule has 0 spiro atoms. The van der Waals surface area contributed by atoms with Crippen LogP contribution in [0, 0.1) is 11.2 Å². The molecule has 0 bridgehead atoms. The molecule has 1 unspecified atom stereocenters. The first kappa shape index (κ1) is 13.5. The van der Waals surface area contributed by atoms with Gasteiger partial charge in [-0.1, -0.05) is 32.4 Å². The van der Waals surface area contributed by atoms with E-state index in [1.807, 2.05) is 6.07 Å². The lowest BCUT2D eigenvalue weighted by molar-refractivity contribution is 0.383. The van der Waals surface area contributed by atoms with Crippen molar-refractivity contribution < 1.29 is 4.39 Å². The van der Waals surface area contributed by atoms with Crippen molar-refractivity contribution in [3.63, 3.8) is 0 Å². The molecule has 0 radical (unpaired) electrons. The Balaban J connectivity index is 1.93. The number of benzene rings is 1. The molecule has 0 heterocycles. The van der Waals surface area contributed by atoms with Gasteiger partial charge in [0, 0.05) is 12.6 Å². The van der Waals surface area contributed by atoms with E-state index in [4.69, 9.17) is 0 Å². The van der Waals surface area contributed by atoms with Crippen LogP contribution in [0.4, 0.5) is 4.39 Å². The summed E-state index contributed by atoms with van der Waals surface area (Å²) in [4.78, 5) is 0. The molecule has 0 saturated heterocycles. The SMILES string of the molecule is CCCC1(CNC(CC)c2cccc(F)c2)CC1. The van der Waals surface area contributed by atoms with Gasteiger partial charge in [-0.2, -0.15) is 0 Å². The average molecular weight is 249 g/mol. The Kier molecular flexibility index (Phi) is 4.39. The molecule has 100 valence electrons. The van der Waals surface area contributed by atoms with Gasteiger partial charge in [0.2, 0.25) is 0 Å². The molecule has 1 saturated carbocycles. The van der Waals surface area contributed by atoms with Gasteiger partial charge < -0.3 is 5.32 Å². The van der Waals surface area contributed by atoms with Crippen molar-refractivity contribution in [1.29, 1.82) is 0 Å². The molecule has 0 amide bonds. The topological polar surface area (TPSA) is 12.0 Å². The van der Waals surface area contributed by atoms with E-state index in [-0.39, 0.29) is 11.9 Å². The highest BCUT2D eigenvalue weighted by Crippen LogP contribution is 2.49. The molecule has 1 aromatic rings. The van der Waals surface area contributed by atoms with E-state index in [1.54, 1.807) is 12.1 Å². The van der Waals surface area contributed by atoms with E-state index in [2.05, 4.69) is 19.2 Å². The first-order chi connectivity index (χ1) is 8.69. The number of rotatable bonds is 7. The van der Waals surface area contributed by atoms with Gasteiger partial charge in [0.15, 0.2) is 0 Å². The van der Waals surface area contributed by atoms with Crippen molar-refractivity contribution in [3.05, 3.63) is 35.6 Å². The third-order valence-corrected chi connectivity index (χ3v) is 4.12. The molecule has 2 rings (SSSR count). The smallest absolute Gasteiger partial charge is 0.123 e. The molecule has 2 heteroatoms. The van der Waals surface area contributed by atoms with Crippen LogP contribution in [0.1, 0.15) is 57.6 Å². The zero-order valence-corrected chi connectivity index (χ0v) is 11.5. The van der Waals surface area contributed by atoms with E-state index in [0.29, 0.717) is 5.41 Å². The van der Waals surface area contributed by atoms with Crippen LogP contribution in [0.25, 0.3) is 0 Å². The first-order valence-electron chi connectivity index (χ1n) is 7.18. The van der Waals surface area contributed by atoms with Gasteiger partial charge in [-0.05, 0) is 48.8 Å². The third kappa shape index (κ3) is 3.32. The van der Waals surface area contributed by atoms with Gasteiger partial charge in [0.1, 0.15) is 5.82 Å². The molecule has 1 aliphatic rings. The highest BCUT2D eigenvalue weighted by Gasteiger charge is 2.41.